The van der Waals surface area contributed by atoms with E-state index in [1.165, 1.54) is 35.2 Å². The standard InChI is InChI=1S/C18H22N2/c1-13-6-3-7-14(2)18(13)20-11-5-10-17(20)15-8-4-9-16(19)12-15/h3-4,6-9,12,17H,5,10-11,19H2,1-2H3. The van der Waals surface area contributed by atoms with Gasteiger partial charge in [-0.3, -0.25) is 0 Å². The molecule has 0 aliphatic carbocycles. The molecule has 1 aliphatic heterocycles. The minimum atomic E-state index is 0.457. The fourth-order valence-corrected chi connectivity index (χ4v) is 3.41. The maximum atomic E-state index is 5.95. The molecule has 0 saturated carbocycles. The molecule has 1 saturated heterocycles. The second-order valence-corrected chi connectivity index (χ2v) is 5.76. The molecule has 0 amide bonds. The molecule has 20 heavy (non-hydrogen) atoms. The average molecular weight is 266 g/mol. The first-order valence-corrected chi connectivity index (χ1v) is 7.35. The van der Waals surface area contributed by atoms with Crippen LogP contribution in [0, 0.1) is 13.8 Å². The number of nitrogens with two attached hydrogens (primary N) is 1. The van der Waals surface area contributed by atoms with E-state index in [-0.39, 0.29) is 0 Å². The molecule has 2 nitrogen and oxygen atoms in total. The fourth-order valence-electron chi connectivity index (χ4n) is 3.41. The van der Waals surface area contributed by atoms with Crippen LogP contribution in [0.2, 0.25) is 0 Å². The summed E-state index contributed by atoms with van der Waals surface area (Å²) in [6.07, 6.45) is 2.45. The summed E-state index contributed by atoms with van der Waals surface area (Å²) in [5.74, 6) is 0. The topological polar surface area (TPSA) is 29.3 Å². The SMILES string of the molecule is Cc1cccc(C)c1N1CCCC1c1cccc(N)c1. The Hall–Kier alpha value is -1.96. The van der Waals surface area contributed by atoms with Crippen molar-refractivity contribution in [1.29, 1.82) is 0 Å². The van der Waals surface area contributed by atoms with Gasteiger partial charge < -0.3 is 10.6 Å². The van der Waals surface area contributed by atoms with Crippen LogP contribution in [0.15, 0.2) is 42.5 Å². The summed E-state index contributed by atoms with van der Waals surface area (Å²) in [5, 5.41) is 0. The molecule has 2 aromatic rings. The van der Waals surface area contributed by atoms with E-state index < -0.39 is 0 Å². The van der Waals surface area contributed by atoms with Crippen molar-refractivity contribution in [2.45, 2.75) is 32.7 Å². The molecule has 2 aromatic carbocycles. The van der Waals surface area contributed by atoms with Gasteiger partial charge in [-0.1, -0.05) is 30.3 Å². The summed E-state index contributed by atoms with van der Waals surface area (Å²) in [4.78, 5) is 2.55. The minimum Gasteiger partial charge on any atom is -0.399 e. The van der Waals surface area contributed by atoms with Gasteiger partial charge in [0.25, 0.3) is 0 Å². The number of aryl methyl sites for hydroxylation is 2. The molecule has 3 rings (SSSR count). The Kier molecular flexibility index (Phi) is 3.39. The zero-order chi connectivity index (χ0) is 14.1. The molecular formula is C18H22N2. The van der Waals surface area contributed by atoms with Crippen LogP contribution in [-0.2, 0) is 0 Å². The van der Waals surface area contributed by atoms with Crippen LogP contribution in [-0.4, -0.2) is 6.54 Å². The Bertz CT molecular complexity index is 598. The van der Waals surface area contributed by atoms with E-state index >= 15 is 0 Å². The van der Waals surface area contributed by atoms with Crippen LogP contribution in [0.1, 0.15) is 35.6 Å². The van der Waals surface area contributed by atoms with Gasteiger partial charge in [0.2, 0.25) is 0 Å². The molecule has 2 N–H and O–H groups in total. The van der Waals surface area contributed by atoms with Gasteiger partial charge in [0.05, 0.1) is 6.04 Å². The predicted molar refractivity (Wildman–Crippen MR) is 86.1 cm³/mol. The summed E-state index contributed by atoms with van der Waals surface area (Å²) < 4.78 is 0. The Morgan fingerprint density at radius 3 is 2.45 bits per heavy atom. The molecule has 1 heterocycles. The van der Waals surface area contributed by atoms with E-state index in [4.69, 9.17) is 5.73 Å². The van der Waals surface area contributed by atoms with Crippen molar-refractivity contribution in [3.05, 3.63) is 59.2 Å². The molecule has 104 valence electrons. The van der Waals surface area contributed by atoms with Gasteiger partial charge >= 0.3 is 0 Å². The van der Waals surface area contributed by atoms with Crippen LogP contribution < -0.4 is 10.6 Å². The molecule has 0 aromatic heterocycles. The van der Waals surface area contributed by atoms with Gasteiger partial charge in [0.15, 0.2) is 0 Å². The number of nitrogens with zero attached hydrogens (tertiary/aromatic N) is 1. The van der Waals surface area contributed by atoms with Crippen molar-refractivity contribution in [2.24, 2.45) is 0 Å². The molecule has 1 atom stereocenters. The third-order valence-corrected chi connectivity index (χ3v) is 4.27. The fraction of sp³-hybridized carbons (Fsp3) is 0.333. The number of rotatable bonds is 2. The van der Waals surface area contributed by atoms with Crippen molar-refractivity contribution < 1.29 is 0 Å². The van der Waals surface area contributed by atoms with E-state index in [2.05, 4.69) is 55.1 Å². The smallest absolute Gasteiger partial charge is 0.0544 e. The van der Waals surface area contributed by atoms with Gasteiger partial charge in [0, 0.05) is 17.9 Å². The van der Waals surface area contributed by atoms with E-state index in [1.54, 1.807) is 0 Å². The first-order chi connectivity index (χ1) is 9.66. The molecule has 0 radical (unpaired) electrons. The number of anilines is 2. The lowest BCUT2D eigenvalue weighted by Crippen LogP contribution is -2.24. The van der Waals surface area contributed by atoms with Gasteiger partial charge in [0.1, 0.15) is 0 Å². The van der Waals surface area contributed by atoms with Crippen molar-refractivity contribution in [3.63, 3.8) is 0 Å². The number of hydrogen-bond donors (Lipinski definition) is 1. The third kappa shape index (κ3) is 2.26. The van der Waals surface area contributed by atoms with Crippen LogP contribution in [0.4, 0.5) is 11.4 Å². The molecular weight excluding hydrogens is 244 g/mol. The molecule has 1 unspecified atom stereocenters. The Labute approximate surface area is 121 Å². The highest BCUT2D eigenvalue weighted by Crippen LogP contribution is 2.39. The second kappa shape index (κ2) is 5.20. The lowest BCUT2D eigenvalue weighted by Gasteiger charge is -2.30. The first-order valence-electron chi connectivity index (χ1n) is 7.35. The monoisotopic (exact) mass is 266 g/mol. The third-order valence-electron chi connectivity index (χ3n) is 4.27. The van der Waals surface area contributed by atoms with Crippen molar-refractivity contribution in [1.82, 2.24) is 0 Å². The predicted octanol–water partition coefficient (Wildman–Crippen LogP) is 4.23. The maximum absolute atomic E-state index is 5.95. The van der Waals surface area contributed by atoms with Crippen molar-refractivity contribution in [2.75, 3.05) is 17.2 Å². The molecule has 2 heteroatoms. The Morgan fingerprint density at radius 2 is 1.75 bits per heavy atom. The summed E-state index contributed by atoms with van der Waals surface area (Å²) in [5.41, 5.74) is 12.3. The van der Waals surface area contributed by atoms with Crippen LogP contribution in [0.25, 0.3) is 0 Å². The van der Waals surface area contributed by atoms with E-state index in [9.17, 15) is 0 Å². The highest BCUT2D eigenvalue weighted by atomic mass is 15.2. The number of hydrogen-bond acceptors (Lipinski definition) is 2. The van der Waals surface area contributed by atoms with Crippen LogP contribution >= 0.6 is 0 Å². The summed E-state index contributed by atoms with van der Waals surface area (Å²) in [7, 11) is 0. The molecule has 1 aliphatic rings. The van der Waals surface area contributed by atoms with Crippen LogP contribution in [0.3, 0.4) is 0 Å². The van der Waals surface area contributed by atoms with Crippen molar-refractivity contribution in [3.8, 4) is 0 Å². The highest BCUT2D eigenvalue weighted by molar-refractivity contribution is 5.61. The van der Waals surface area contributed by atoms with Crippen molar-refractivity contribution >= 4 is 11.4 Å². The van der Waals surface area contributed by atoms with Gasteiger partial charge in [-0.15, -0.1) is 0 Å². The normalized spacial score (nSPS) is 18.5. The average Bonchev–Trinajstić information content (AvgIpc) is 2.87. The minimum absolute atomic E-state index is 0.457. The van der Waals surface area contributed by atoms with E-state index in [0.29, 0.717) is 6.04 Å². The number of para-hydroxylation sites is 1. The van der Waals surface area contributed by atoms with Gasteiger partial charge in [-0.25, -0.2) is 0 Å². The summed E-state index contributed by atoms with van der Waals surface area (Å²) in [6.45, 7) is 5.54. The van der Waals surface area contributed by atoms with Gasteiger partial charge in [-0.05, 0) is 55.5 Å². The zero-order valence-corrected chi connectivity index (χ0v) is 12.3. The molecule has 0 spiro atoms. The zero-order valence-electron chi connectivity index (χ0n) is 12.3. The first kappa shape index (κ1) is 13.0. The second-order valence-electron chi connectivity index (χ2n) is 5.76. The lowest BCUT2D eigenvalue weighted by atomic mass is 10.0. The number of nitrogen functional groups attached to an aromatic ring is 1. The van der Waals surface area contributed by atoms with E-state index in [1.807, 2.05) is 6.07 Å². The molecule has 0 bridgehead atoms. The van der Waals surface area contributed by atoms with Crippen LogP contribution in [0.5, 0.6) is 0 Å². The summed E-state index contributed by atoms with van der Waals surface area (Å²) >= 11 is 0. The number of benzene rings is 2. The largest absolute Gasteiger partial charge is 0.399 e. The lowest BCUT2D eigenvalue weighted by molar-refractivity contribution is 0.716. The Balaban J connectivity index is 2.01. The maximum Gasteiger partial charge on any atom is 0.0544 e. The quantitative estimate of drug-likeness (QED) is 0.824. The molecule has 1 fully saturated rings. The van der Waals surface area contributed by atoms with Gasteiger partial charge in [-0.2, -0.15) is 0 Å². The summed E-state index contributed by atoms with van der Waals surface area (Å²) in [6, 6.07) is 15.4. The van der Waals surface area contributed by atoms with E-state index in [0.717, 1.165) is 12.2 Å². The highest BCUT2D eigenvalue weighted by Gasteiger charge is 2.28. The Morgan fingerprint density at radius 1 is 1.05 bits per heavy atom.